The highest BCUT2D eigenvalue weighted by atomic mass is 79.9. The normalized spacial score (nSPS) is 12.3. The van der Waals surface area contributed by atoms with Gasteiger partial charge in [-0.3, -0.25) is 14.5 Å². The van der Waals surface area contributed by atoms with E-state index in [1.165, 1.54) is 0 Å². The van der Waals surface area contributed by atoms with Gasteiger partial charge >= 0.3 is 0 Å². The van der Waals surface area contributed by atoms with Crippen LogP contribution >= 0.6 is 15.9 Å². The summed E-state index contributed by atoms with van der Waals surface area (Å²) in [7, 11) is 1.92. The van der Waals surface area contributed by atoms with Crippen molar-refractivity contribution in [2.75, 3.05) is 25.5 Å². The second-order valence-electron chi connectivity index (χ2n) is 6.20. The largest absolute Gasteiger partial charge is 0.346 e. The number of nitrogens with zero attached hydrogens (tertiary/aromatic N) is 1. The summed E-state index contributed by atoms with van der Waals surface area (Å²) in [4.78, 5) is 25.8. The van der Waals surface area contributed by atoms with E-state index in [0.29, 0.717) is 17.6 Å². The lowest BCUT2D eigenvalue weighted by atomic mass is 10.0. The van der Waals surface area contributed by atoms with E-state index in [1.54, 1.807) is 6.07 Å². The molecule has 5 nitrogen and oxygen atoms in total. The van der Waals surface area contributed by atoms with E-state index in [1.807, 2.05) is 30.1 Å². The Morgan fingerprint density at radius 1 is 1.17 bits per heavy atom. The van der Waals surface area contributed by atoms with E-state index in [4.69, 9.17) is 0 Å². The molecule has 0 aliphatic carbocycles. The maximum absolute atomic E-state index is 11.9. The molecule has 0 bridgehead atoms. The molecule has 0 aliphatic rings. The van der Waals surface area contributed by atoms with Crippen LogP contribution in [0.4, 0.5) is 5.69 Å². The summed E-state index contributed by atoms with van der Waals surface area (Å²) < 4.78 is 0.807. The summed E-state index contributed by atoms with van der Waals surface area (Å²) in [5.74, 6) is 0.194. The molecule has 23 heavy (non-hydrogen) atoms. The predicted octanol–water partition coefficient (Wildman–Crippen LogP) is 2.87. The lowest BCUT2D eigenvalue weighted by Gasteiger charge is -2.25. The monoisotopic (exact) mass is 383 g/mol. The van der Waals surface area contributed by atoms with Crippen molar-refractivity contribution in [2.24, 2.45) is 5.92 Å². The van der Waals surface area contributed by atoms with Crippen molar-refractivity contribution >= 4 is 33.4 Å². The Kier molecular flexibility index (Phi) is 8.26. The molecule has 0 aliphatic heterocycles. The number of halogens is 1. The Bertz CT molecular complexity index is 534. The molecular weight excluding hydrogens is 358 g/mol. The zero-order valence-corrected chi connectivity index (χ0v) is 15.8. The summed E-state index contributed by atoms with van der Waals surface area (Å²) >= 11 is 3.36. The Hall–Kier alpha value is -1.40. The summed E-state index contributed by atoms with van der Waals surface area (Å²) in [5.41, 5.74) is 0.689. The van der Waals surface area contributed by atoms with Gasteiger partial charge in [0, 0.05) is 10.5 Å². The lowest BCUT2D eigenvalue weighted by Crippen LogP contribution is -2.42. The van der Waals surface area contributed by atoms with Crippen molar-refractivity contribution in [3.05, 3.63) is 28.7 Å². The van der Waals surface area contributed by atoms with E-state index in [-0.39, 0.29) is 24.9 Å². The van der Waals surface area contributed by atoms with E-state index >= 15 is 0 Å². The van der Waals surface area contributed by atoms with Crippen molar-refractivity contribution in [3.8, 4) is 0 Å². The van der Waals surface area contributed by atoms with Crippen LogP contribution in [0, 0.1) is 5.92 Å². The maximum atomic E-state index is 11.9. The van der Waals surface area contributed by atoms with E-state index in [9.17, 15) is 9.59 Å². The Morgan fingerprint density at radius 2 is 1.83 bits per heavy atom. The van der Waals surface area contributed by atoms with Gasteiger partial charge in [-0.1, -0.05) is 26.0 Å². The Balaban J connectivity index is 2.35. The minimum atomic E-state index is -0.247. The number of rotatable bonds is 8. The second-order valence-corrected chi connectivity index (χ2v) is 7.05. The fourth-order valence-corrected chi connectivity index (χ4v) is 2.62. The Morgan fingerprint density at radius 3 is 2.43 bits per heavy atom. The molecule has 0 aromatic heterocycles. The van der Waals surface area contributed by atoms with E-state index < -0.39 is 0 Å². The molecule has 1 aromatic rings. The summed E-state index contributed by atoms with van der Waals surface area (Å²) in [5, 5.41) is 5.41. The molecule has 0 heterocycles. The number of anilines is 1. The van der Waals surface area contributed by atoms with Gasteiger partial charge < -0.3 is 10.6 Å². The third-order valence-corrected chi connectivity index (χ3v) is 4.24. The number of para-hydroxylation sites is 1. The predicted molar refractivity (Wildman–Crippen MR) is 97.3 cm³/mol. The third kappa shape index (κ3) is 7.61. The first-order valence-corrected chi connectivity index (χ1v) is 8.60. The minimum absolute atomic E-state index is 0.0351. The van der Waals surface area contributed by atoms with Crippen molar-refractivity contribution in [3.63, 3.8) is 0 Å². The van der Waals surface area contributed by atoms with Crippen molar-refractivity contribution < 1.29 is 9.59 Å². The number of hydrogen-bond donors (Lipinski definition) is 2. The molecule has 0 fully saturated rings. The van der Waals surface area contributed by atoms with Gasteiger partial charge in [0.05, 0.1) is 18.8 Å². The van der Waals surface area contributed by atoms with Gasteiger partial charge in [-0.2, -0.15) is 0 Å². The minimum Gasteiger partial charge on any atom is -0.346 e. The fourth-order valence-electron chi connectivity index (χ4n) is 2.24. The molecule has 2 N–H and O–H groups in total. The molecule has 0 radical (unpaired) electrons. The van der Waals surface area contributed by atoms with Gasteiger partial charge in [0.15, 0.2) is 0 Å². The van der Waals surface area contributed by atoms with Crippen LogP contribution in [-0.4, -0.2) is 42.9 Å². The number of hydrogen-bond acceptors (Lipinski definition) is 3. The summed E-state index contributed by atoms with van der Waals surface area (Å²) in [6, 6.07) is 7.68. The van der Waals surface area contributed by atoms with E-state index in [0.717, 1.165) is 10.9 Å². The molecule has 1 unspecified atom stereocenters. The third-order valence-electron chi connectivity index (χ3n) is 3.55. The first kappa shape index (κ1) is 19.6. The van der Waals surface area contributed by atoms with Crippen LogP contribution in [0.25, 0.3) is 0 Å². The number of nitrogens with one attached hydrogen (secondary N) is 2. The highest BCUT2D eigenvalue weighted by Gasteiger charge is 2.15. The number of amides is 2. The quantitative estimate of drug-likeness (QED) is 0.725. The second kappa shape index (κ2) is 9.67. The number of benzene rings is 1. The highest BCUT2D eigenvalue weighted by molar-refractivity contribution is 9.10. The average Bonchev–Trinajstić information content (AvgIpc) is 2.47. The van der Waals surface area contributed by atoms with Gasteiger partial charge in [-0.05, 0) is 54.4 Å². The van der Waals surface area contributed by atoms with Crippen LogP contribution in [-0.2, 0) is 9.59 Å². The SMILES string of the molecule is CC(C)CC(C)N(C)CC(=O)NCC(=O)Nc1ccccc1Br. The van der Waals surface area contributed by atoms with Crippen molar-refractivity contribution in [1.29, 1.82) is 0 Å². The van der Waals surface area contributed by atoms with Crippen LogP contribution in [0.5, 0.6) is 0 Å². The zero-order chi connectivity index (χ0) is 17.4. The average molecular weight is 384 g/mol. The first-order chi connectivity index (χ1) is 10.8. The van der Waals surface area contributed by atoms with Crippen molar-refractivity contribution in [1.82, 2.24) is 10.2 Å². The zero-order valence-electron chi connectivity index (χ0n) is 14.2. The number of carbonyl (C=O) groups is 2. The van der Waals surface area contributed by atoms with E-state index in [2.05, 4.69) is 47.3 Å². The topological polar surface area (TPSA) is 61.4 Å². The molecule has 0 saturated heterocycles. The molecule has 0 saturated carbocycles. The summed E-state index contributed by atoms with van der Waals surface area (Å²) in [6.45, 7) is 6.68. The summed E-state index contributed by atoms with van der Waals surface area (Å²) in [6.07, 6.45) is 1.03. The molecule has 0 spiro atoms. The molecule has 1 atom stereocenters. The van der Waals surface area contributed by atoms with Gasteiger partial charge in [-0.15, -0.1) is 0 Å². The van der Waals surface area contributed by atoms with Crippen LogP contribution < -0.4 is 10.6 Å². The van der Waals surface area contributed by atoms with Crippen LogP contribution in [0.15, 0.2) is 28.7 Å². The van der Waals surface area contributed by atoms with Crippen LogP contribution in [0.3, 0.4) is 0 Å². The van der Waals surface area contributed by atoms with Gasteiger partial charge in [0.25, 0.3) is 0 Å². The standard InChI is InChI=1S/C17H26BrN3O2/c1-12(2)9-13(3)21(4)11-17(23)19-10-16(22)20-15-8-6-5-7-14(15)18/h5-8,12-13H,9-11H2,1-4H3,(H,19,23)(H,20,22). The molecule has 2 amide bonds. The number of likely N-dealkylation sites (N-methyl/N-ethyl adjacent to an activating group) is 1. The molecule has 6 heteroatoms. The lowest BCUT2D eigenvalue weighted by molar-refractivity contribution is -0.125. The highest BCUT2D eigenvalue weighted by Crippen LogP contribution is 2.20. The molecule has 1 rings (SSSR count). The molecule has 128 valence electrons. The fraction of sp³-hybridized carbons (Fsp3) is 0.529. The maximum Gasteiger partial charge on any atom is 0.243 e. The first-order valence-electron chi connectivity index (χ1n) is 7.81. The van der Waals surface area contributed by atoms with Crippen molar-refractivity contribution in [2.45, 2.75) is 33.2 Å². The van der Waals surface area contributed by atoms with Crippen LogP contribution in [0.2, 0.25) is 0 Å². The van der Waals surface area contributed by atoms with Crippen LogP contribution in [0.1, 0.15) is 27.2 Å². The Labute approximate surface area is 146 Å². The smallest absolute Gasteiger partial charge is 0.243 e. The molecule has 1 aromatic carbocycles. The van der Waals surface area contributed by atoms with Gasteiger partial charge in [0.1, 0.15) is 0 Å². The van der Waals surface area contributed by atoms with Gasteiger partial charge in [0.2, 0.25) is 11.8 Å². The van der Waals surface area contributed by atoms with Gasteiger partial charge in [-0.25, -0.2) is 0 Å². The molecular formula is C17H26BrN3O2. The number of carbonyl (C=O) groups excluding carboxylic acids is 2.